The second-order valence-corrected chi connectivity index (χ2v) is 8.56. The van der Waals surface area contributed by atoms with E-state index in [1.165, 1.54) is 16.2 Å². The van der Waals surface area contributed by atoms with Gasteiger partial charge in [-0.15, -0.1) is 11.3 Å². The predicted octanol–water partition coefficient (Wildman–Crippen LogP) is 1.70. The molecule has 2 amide bonds. The summed E-state index contributed by atoms with van der Waals surface area (Å²) in [6.45, 7) is 2.99. The van der Waals surface area contributed by atoms with E-state index in [-0.39, 0.29) is 12.5 Å². The summed E-state index contributed by atoms with van der Waals surface area (Å²) in [5.74, 6) is 0.248. The zero-order valence-corrected chi connectivity index (χ0v) is 17.5. The van der Waals surface area contributed by atoms with Crippen molar-refractivity contribution in [2.75, 3.05) is 26.0 Å². The Hall–Kier alpha value is -2.38. The van der Waals surface area contributed by atoms with Crippen LogP contribution >= 0.6 is 11.3 Å². The number of nitrogens with two attached hydrogens (primary N) is 1. The molecule has 0 spiro atoms. The number of nitrogens with one attached hydrogen (secondary N) is 2. The smallest absolute Gasteiger partial charge is 0.280 e. The van der Waals surface area contributed by atoms with E-state index in [1.807, 2.05) is 26.1 Å². The number of hydrogen-bond donors (Lipinski definition) is 3. The minimum Gasteiger partial charge on any atom is -0.496 e. The molecule has 1 aliphatic carbocycles. The van der Waals surface area contributed by atoms with E-state index in [4.69, 9.17) is 10.5 Å². The first kappa shape index (κ1) is 20.4. The van der Waals surface area contributed by atoms with Gasteiger partial charge in [0, 0.05) is 10.4 Å². The summed E-state index contributed by atoms with van der Waals surface area (Å²) in [6.07, 6.45) is 3.99. The Morgan fingerprint density at radius 2 is 2.04 bits per heavy atom. The van der Waals surface area contributed by atoms with Crippen molar-refractivity contribution in [3.8, 4) is 5.75 Å². The van der Waals surface area contributed by atoms with Gasteiger partial charge in [0.25, 0.3) is 11.8 Å². The normalized spacial score (nSPS) is 14.2. The number of amides is 2. The fourth-order valence-electron chi connectivity index (χ4n) is 3.79. The highest BCUT2D eigenvalue weighted by Crippen LogP contribution is 2.37. The lowest BCUT2D eigenvalue weighted by molar-refractivity contribution is -0.885. The lowest BCUT2D eigenvalue weighted by Gasteiger charge is -2.16. The van der Waals surface area contributed by atoms with Crippen LogP contribution in [0.1, 0.15) is 44.8 Å². The van der Waals surface area contributed by atoms with Crippen LogP contribution in [0, 0.1) is 6.92 Å². The molecule has 0 bridgehead atoms. The zero-order valence-electron chi connectivity index (χ0n) is 16.7. The van der Waals surface area contributed by atoms with Crippen LogP contribution in [0.25, 0.3) is 0 Å². The number of primary amides is 1. The molecule has 0 fully saturated rings. The van der Waals surface area contributed by atoms with E-state index in [1.54, 1.807) is 7.11 Å². The molecule has 1 aliphatic rings. The average Bonchev–Trinajstić information content (AvgIpc) is 2.99. The van der Waals surface area contributed by atoms with E-state index >= 15 is 0 Å². The number of anilines is 1. The molecule has 0 radical (unpaired) electrons. The number of likely N-dealkylation sites (N-methyl/N-ethyl adjacent to an activating group) is 1. The highest BCUT2D eigenvalue weighted by Gasteiger charge is 2.25. The molecule has 2 aromatic rings. The fourth-order valence-corrected chi connectivity index (χ4v) is 5.10. The number of thiophene rings is 1. The van der Waals surface area contributed by atoms with E-state index in [0.29, 0.717) is 17.1 Å². The largest absolute Gasteiger partial charge is 0.496 e. The van der Waals surface area contributed by atoms with Gasteiger partial charge in [0.15, 0.2) is 6.54 Å². The highest BCUT2D eigenvalue weighted by molar-refractivity contribution is 7.17. The Morgan fingerprint density at radius 3 is 2.75 bits per heavy atom. The maximum atomic E-state index is 12.6. The highest BCUT2D eigenvalue weighted by atomic mass is 32.1. The summed E-state index contributed by atoms with van der Waals surface area (Å²) in [7, 11) is 3.62. The summed E-state index contributed by atoms with van der Waals surface area (Å²) >= 11 is 1.50. The minimum absolute atomic E-state index is 0.120. The second kappa shape index (κ2) is 8.75. The molecule has 1 unspecified atom stereocenters. The Bertz CT molecular complexity index is 891. The first-order valence-corrected chi connectivity index (χ1v) is 10.4. The van der Waals surface area contributed by atoms with Gasteiger partial charge in [-0.25, -0.2) is 0 Å². The summed E-state index contributed by atoms with van der Waals surface area (Å²) in [5.41, 5.74) is 9.37. The third kappa shape index (κ3) is 4.54. The van der Waals surface area contributed by atoms with Crippen molar-refractivity contribution in [2.45, 2.75) is 39.2 Å². The van der Waals surface area contributed by atoms with Crippen LogP contribution in [0.3, 0.4) is 0 Å². The minimum atomic E-state index is -0.458. The molecule has 3 rings (SSSR count). The Balaban J connectivity index is 1.68. The van der Waals surface area contributed by atoms with Gasteiger partial charge < -0.3 is 20.7 Å². The summed E-state index contributed by atoms with van der Waals surface area (Å²) < 4.78 is 5.43. The molecule has 28 heavy (non-hydrogen) atoms. The van der Waals surface area contributed by atoms with Gasteiger partial charge in [-0.05, 0) is 50.3 Å². The number of methoxy groups -OCH3 is 1. The number of fused-ring (bicyclic) bond motifs is 1. The molecule has 7 heteroatoms. The lowest BCUT2D eigenvalue weighted by atomic mass is 9.95. The summed E-state index contributed by atoms with van der Waals surface area (Å²) in [5, 5.41) is 3.53. The fraction of sp³-hybridized carbons (Fsp3) is 0.429. The molecule has 0 aliphatic heterocycles. The predicted molar refractivity (Wildman–Crippen MR) is 111 cm³/mol. The molecule has 0 saturated heterocycles. The Labute approximate surface area is 169 Å². The molecule has 0 saturated carbocycles. The van der Waals surface area contributed by atoms with Crippen molar-refractivity contribution in [3.05, 3.63) is 45.3 Å². The second-order valence-electron chi connectivity index (χ2n) is 7.45. The number of quaternary nitrogens is 1. The molecule has 1 aromatic heterocycles. The number of aryl methyl sites for hydroxylation is 2. The molecule has 6 nitrogen and oxygen atoms in total. The molecular formula is C21H28N3O3S+. The number of ether oxygens (including phenoxy) is 1. The van der Waals surface area contributed by atoms with Gasteiger partial charge in [0.05, 0.1) is 19.7 Å². The van der Waals surface area contributed by atoms with E-state index < -0.39 is 5.91 Å². The van der Waals surface area contributed by atoms with E-state index in [2.05, 4.69) is 11.4 Å². The Morgan fingerprint density at radius 1 is 1.29 bits per heavy atom. The standard InChI is InChI=1S/C21H27N3O3S/c1-13-8-9-16(27-3)14(10-13)11-24(2)12-18(25)23-21-19(20(22)26)15-6-4-5-7-17(15)28-21/h8-10H,4-7,11-12H2,1-3H3,(H2,22,26)(H,23,25)/p+1. The van der Waals surface area contributed by atoms with Crippen LogP contribution in [-0.2, 0) is 24.2 Å². The van der Waals surface area contributed by atoms with E-state index in [9.17, 15) is 9.59 Å². The van der Waals surface area contributed by atoms with Crippen molar-refractivity contribution in [3.63, 3.8) is 0 Å². The van der Waals surface area contributed by atoms with Gasteiger partial charge in [-0.3, -0.25) is 9.59 Å². The molecule has 1 heterocycles. The summed E-state index contributed by atoms with van der Waals surface area (Å²) in [6, 6.07) is 6.04. The Kier molecular flexibility index (Phi) is 6.36. The van der Waals surface area contributed by atoms with Crippen LogP contribution in [0.5, 0.6) is 5.75 Å². The number of hydrogen-bond acceptors (Lipinski definition) is 4. The quantitative estimate of drug-likeness (QED) is 0.659. The van der Waals surface area contributed by atoms with Gasteiger partial charge in [-0.2, -0.15) is 0 Å². The zero-order chi connectivity index (χ0) is 20.3. The average molecular weight is 403 g/mol. The third-order valence-electron chi connectivity index (χ3n) is 5.06. The van der Waals surface area contributed by atoms with Crippen LogP contribution in [-0.4, -0.2) is 32.5 Å². The maximum absolute atomic E-state index is 12.6. The topological polar surface area (TPSA) is 85.9 Å². The number of carbonyl (C=O) groups excluding carboxylic acids is 2. The van der Waals surface area contributed by atoms with Crippen molar-refractivity contribution in [1.29, 1.82) is 0 Å². The van der Waals surface area contributed by atoms with E-state index in [0.717, 1.165) is 53.0 Å². The van der Waals surface area contributed by atoms with Crippen molar-refractivity contribution < 1.29 is 19.2 Å². The van der Waals surface area contributed by atoms with Crippen molar-refractivity contribution in [1.82, 2.24) is 0 Å². The van der Waals surface area contributed by atoms with Gasteiger partial charge in [-0.1, -0.05) is 11.6 Å². The third-order valence-corrected chi connectivity index (χ3v) is 6.27. The molecule has 4 N–H and O–H groups in total. The SMILES string of the molecule is COc1ccc(C)cc1C[NH+](C)CC(=O)Nc1sc2c(c1C(N)=O)CCCC2. The number of carbonyl (C=O) groups is 2. The summed E-state index contributed by atoms with van der Waals surface area (Å²) in [4.78, 5) is 26.8. The van der Waals surface area contributed by atoms with Crippen LogP contribution in [0.15, 0.2) is 18.2 Å². The first-order valence-electron chi connectivity index (χ1n) is 9.58. The van der Waals surface area contributed by atoms with Crippen LogP contribution in [0.4, 0.5) is 5.00 Å². The maximum Gasteiger partial charge on any atom is 0.280 e. The number of rotatable bonds is 7. The molecule has 1 aromatic carbocycles. The molecule has 1 atom stereocenters. The van der Waals surface area contributed by atoms with Crippen molar-refractivity contribution >= 4 is 28.2 Å². The van der Waals surface area contributed by atoms with Gasteiger partial charge in [0.1, 0.15) is 17.3 Å². The lowest BCUT2D eigenvalue weighted by Crippen LogP contribution is -3.08. The number of benzene rings is 1. The van der Waals surface area contributed by atoms with Crippen LogP contribution in [0.2, 0.25) is 0 Å². The van der Waals surface area contributed by atoms with Crippen LogP contribution < -0.4 is 20.7 Å². The van der Waals surface area contributed by atoms with Crippen molar-refractivity contribution in [2.24, 2.45) is 5.73 Å². The molecular weight excluding hydrogens is 374 g/mol. The van der Waals surface area contributed by atoms with Gasteiger partial charge >= 0.3 is 0 Å². The van der Waals surface area contributed by atoms with Gasteiger partial charge in [0.2, 0.25) is 0 Å². The molecule has 150 valence electrons. The monoisotopic (exact) mass is 402 g/mol. The first-order chi connectivity index (χ1) is 13.4.